The van der Waals surface area contributed by atoms with Crippen LogP contribution in [-0.4, -0.2) is 74.8 Å². The number of hydrogen-bond donors (Lipinski definition) is 2. The van der Waals surface area contributed by atoms with E-state index in [-0.39, 0.29) is 29.4 Å². The number of hydrogen-bond acceptors (Lipinski definition) is 7. The number of phenols is 1. The molecule has 39 heavy (non-hydrogen) atoms. The van der Waals surface area contributed by atoms with E-state index < -0.39 is 22.0 Å². The van der Waals surface area contributed by atoms with E-state index in [1.54, 1.807) is 36.2 Å². The van der Waals surface area contributed by atoms with Gasteiger partial charge in [-0.25, -0.2) is 0 Å². The summed E-state index contributed by atoms with van der Waals surface area (Å²) in [6.45, 7) is 1.87. The largest absolute Gasteiger partial charge is 0.504 e. The molecule has 2 aromatic carbocycles. The molecule has 5 atom stereocenters. The fraction of sp³-hybridized carbons (Fsp3) is 0.500. The molecule has 9 heteroatoms. The molecule has 3 unspecified atom stereocenters. The van der Waals surface area contributed by atoms with Crippen LogP contribution < -0.4 is 4.74 Å². The number of carbonyl (C=O) groups excluding carboxylic acids is 1. The first-order valence-corrected chi connectivity index (χ1v) is 13.9. The molecule has 1 amide bonds. The van der Waals surface area contributed by atoms with E-state index in [1.807, 2.05) is 6.07 Å². The molecule has 2 aromatic rings. The van der Waals surface area contributed by atoms with E-state index in [4.69, 9.17) is 4.74 Å². The average Bonchev–Trinajstić information content (AvgIpc) is 3.67. The summed E-state index contributed by atoms with van der Waals surface area (Å²) < 4.78 is 6.57. The third kappa shape index (κ3) is 3.49. The van der Waals surface area contributed by atoms with E-state index in [0.29, 0.717) is 36.5 Å². The van der Waals surface area contributed by atoms with E-state index >= 15 is 0 Å². The number of aliphatic hydroxyl groups is 1. The van der Waals surface area contributed by atoms with Crippen LogP contribution >= 0.6 is 0 Å². The van der Waals surface area contributed by atoms with Crippen molar-refractivity contribution in [1.29, 1.82) is 0 Å². The summed E-state index contributed by atoms with van der Waals surface area (Å²) in [6, 6.07) is 9.51. The third-order valence-corrected chi connectivity index (χ3v) is 10.1. The van der Waals surface area contributed by atoms with Crippen molar-refractivity contribution in [3.8, 4) is 11.5 Å². The van der Waals surface area contributed by atoms with Gasteiger partial charge in [0.2, 0.25) is 5.91 Å². The average molecular weight is 532 g/mol. The molecule has 0 aromatic heterocycles. The Kier molecular flexibility index (Phi) is 5.38. The summed E-state index contributed by atoms with van der Waals surface area (Å²) in [5.74, 6) is 1.02. The van der Waals surface area contributed by atoms with Crippen LogP contribution in [0, 0.1) is 16.0 Å². The van der Waals surface area contributed by atoms with Crippen LogP contribution in [0.3, 0.4) is 0 Å². The van der Waals surface area contributed by atoms with Gasteiger partial charge in [0.25, 0.3) is 5.69 Å². The molecule has 7 rings (SSSR count). The van der Waals surface area contributed by atoms with Crippen LogP contribution in [0.4, 0.5) is 5.69 Å². The minimum Gasteiger partial charge on any atom is -0.504 e. The zero-order valence-electron chi connectivity index (χ0n) is 22.0. The van der Waals surface area contributed by atoms with Crippen LogP contribution in [0.2, 0.25) is 0 Å². The Balaban J connectivity index is 1.22. The number of amides is 1. The Morgan fingerprint density at radius 2 is 2.08 bits per heavy atom. The number of likely N-dealkylation sites (N-methyl/N-ethyl adjacent to an activating group) is 1. The molecule has 1 saturated heterocycles. The quantitative estimate of drug-likeness (QED) is 0.333. The third-order valence-electron chi connectivity index (χ3n) is 10.1. The van der Waals surface area contributed by atoms with Crippen molar-refractivity contribution >= 4 is 17.7 Å². The number of phenolic OH excluding ortho intramolecular Hbond substituents is 1. The molecule has 0 radical (unpaired) electrons. The molecule has 3 aliphatic carbocycles. The van der Waals surface area contributed by atoms with Crippen molar-refractivity contribution in [1.82, 2.24) is 9.80 Å². The molecular weight excluding hydrogens is 498 g/mol. The molecule has 2 saturated carbocycles. The van der Waals surface area contributed by atoms with Crippen LogP contribution in [0.15, 0.2) is 42.5 Å². The summed E-state index contributed by atoms with van der Waals surface area (Å²) in [5.41, 5.74) is 0.906. The van der Waals surface area contributed by atoms with Gasteiger partial charge >= 0.3 is 0 Å². The first-order valence-electron chi connectivity index (χ1n) is 13.9. The summed E-state index contributed by atoms with van der Waals surface area (Å²) in [7, 11) is 1.75. The maximum absolute atomic E-state index is 13.4. The van der Waals surface area contributed by atoms with E-state index in [2.05, 4.69) is 4.90 Å². The number of ether oxygens (including phenoxy) is 1. The number of nitro groups is 1. The Morgan fingerprint density at radius 3 is 2.85 bits per heavy atom. The Bertz CT molecular complexity index is 1410. The van der Waals surface area contributed by atoms with Gasteiger partial charge in [-0.05, 0) is 74.3 Å². The lowest BCUT2D eigenvalue weighted by molar-refractivity contribution is -0.384. The van der Waals surface area contributed by atoms with Crippen molar-refractivity contribution in [2.24, 2.45) is 5.92 Å². The highest BCUT2D eigenvalue weighted by Crippen LogP contribution is 2.66. The standard InChI is InChI=1S/C30H33N3O6/c1-31(25(35)10-7-18-3-2-4-21(15-18)33(37)38)22-11-12-30(36)24-16-20-8-9-23(34)27-26(20)29(30,28(22)39-27)13-14-32(24)17-19-5-6-19/h2-4,7-10,15,19,22,24,28,34,36H,5-6,11-14,16-17H2,1H3/b10-7+/t22?,24-,28?,29+,30?/m1/s1. The minimum absolute atomic E-state index is 0.0170. The minimum atomic E-state index is -1.00. The van der Waals surface area contributed by atoms with Gasteiger partial charge in [-0.1, -0.05) is 18.2 Å². The number of benzene rings is 2. The second-order valence-corrected chi connectivity index (χ2v) is 12.0. The second-order valence-electron chi connectivity index (χ2n) is 12.0. The van der Waals surface area contributed by atoms with Crippen LogP contribution in [0.25, 0.3) is 6.08 Å². The monoisotopic (exact) mass is 531 g/mol. The lowest BCUT2D eigenvalue weighted by Crippen LogP contribution is -2.78. The normalized spacial score (nSPS) is 32.5. The van der Waals surface area contributed by atoms with Gasteiger partial charge < -0.3 is 19.8 Å². The molecule has 3 fully saturated rings. The fourth-order valence-corrected chi connectivity index (χ4v) is 8.04. The van der Waals surface area contributed by atoms with E-state index in [9.17, 15) is 25.1 Å². The molecule has 5 aliphatic rings. The van der Waals surface area contributed by atoms with Crippen molar-refractivity contribution < 1.29 is 24.7 Å². The zero-order valence-corrected chi connectivity index (χ0v) is 22.0. The number of non-ortho nitro benzene ring substituents is 1. The summed E-state index contributed by atoms with van der Waals surface area (Å²) in [4.78, 5) is 28.2. The van der Waals surface area contributed by atoms with Crippen LogP contribution in [0.1, 0.15) is 48.8 Å². The summed E-state index contributed by atoms with van der Waals surface area (Å²) >= 11 is 0. The van der Waals surface area contributed by atoms with Crippen LogP contribution in [0.5, 0.6) is 11.5 Å². The molecule has 1 spiro atoms. The highest BCUT2D eigenvalue weighted by atomic mass is 16.6. The van der Waals surface area contributed by atoms with Gasteiger partial charge in [-0.2, -0.15) is 0 Å². The summed E-state index contributed by atoms with van der Waals surface area (Å²) in [6.07, 6.45) is 7.62. The summed E-state index contributed by atoms with van der Waals surface area (Å²) in [5, 5.41) is 34.5. The molecule has 2 bridgehead atoms. The van der Waals surface area contributed by atoms with E-state index in [0.717, 1.165) is 30.6 Å². The Hall–Kier alpha value is -3.43. The Labute approximate surface area is 226 Å². The lowest BCUT2D eigenvalue weighted by atomic mass is 9.48. The first-order chi connectivity index (χ1) is 18.7. The number of nitro benzene ring substituents is 1. The fourth-order valence-electron chi connectivity index (χ4n) is 8.04. The predicted molar refractivity (Wildman–Crippen MR) is 143 cm³/mol. The Morgan fingerprint density at radius 1 is 1.26 bits per heavy atom. The smallest absolute Gasteiger partial charge is 0.270 e. The lowest BCUT2D eigenvalue weighted by Gasteiger charge is -2.64. The number of likely N-dealkylation sites (tertiary alicyclic amines) is 1. The van der Waals surface area contributed by atoms with Gasteiger partial charge in [0, 0.05) is 43.4 Å². The second kappa shape index (κ2) is 8.53. The number of rotatable bonds is 6. The number of carbonyl (C=O) groups is 1. The molecule has 204 valence electrons. The van der Waals surface area contributed by atoms with Gasteiger partial charge in [-0.3, -0.25) is 19.8 Å². The number of nitrogens with zero attached hydrogens (tertiary/aromatic N) is 3. The molecule has 2 aliphatic heterocycles. The van der Waals surface area contributed by atoms with Gasteiger partial charge in [-0.15, -0.1) is 0 Å². The van der Waals surface area contributed by atoms with Crippen molar-refractivity contribution in [2.45, 2.75) is 67.7 Å². The predicted octanol–water partition coefficient (Wildman–Crippen LogP) is 3.40. The van der Waals surface area contributed by atoms with Crippen molar-refractivity contribution in [2.75, 3.05) is 20.1 Å². The molecule has 9 nitrogen and oxygen atoms in total. The molecule has 2 N–H and O–H groups in total. The molecule has 2 heterocycles. The number of aromatic hydroxyl groups is 1. The first kappa shape index (κ1) is 24.6. The van der Waals surface area contributed by atoms with Crippen molar-refractivity contribution in [3.05, 3.63) is 69.3 Å². The SMILES string of the molecule is CN(C(=O)/C=C/c1cccc([N+](=O)[O-])c1)C1CCC2(O)[C@H]3Cc4ccc(O)c5c4[C@@]2(CCN3CC2CC2)C1O5. The van der Waals surface area contributed by atoms with Gasteiger partial charge in [0.05, 0.1) is 22.0 Å². The maximum atomic E-state index is 13.4. The highest BCUT2D eigenvalue weighted by molar-refractivity contribution is 5.92. The van der Waals surface area contributed by atoms with Gasteiger partial charge in [0.1, 0.15) is 6.10 Å². The van der Waals surface area contributed by atoms with Crippen LogP contribution in [-0.2, 0) is 16.6 Å². The topological polar surface area (TPSA) is 116 Å². The van der Waals surface area contributed by atoms with Gasteiger partial charge in [0.15, 0.2) is 11.5 Å². The molecular formula is C30H33N3O6. The number of piperidine rings is 1. The van der Waals surface area contributed by atoms with E-state index in [1.165, 1.54) is 31.1 Å². The van der Waals surface area contributed by atoms with Crippen molar-refractivity contribution in [3.63, 3.8) is 0 Å². The maximum Gasteiger partial charge on any atom is 0.270 e. The zero-order chi connectivity index (χ0) is 27.1. The highest BCUT2D eigenvalue weighted by Gasteiger charge is 2.73.